The summed E-state index contributed by atoms with van der Waals surface area (Å²) in [5, 5.41) is 0. The number of anilines is 1. The van der Waals surface area contributed by atoms with Gasteiger partial charge in [-0.2, -0.15) is 0 Å². The molecule has 1 aromatic rings. The molecular weight excluding hydrogens is 378 g/mol. The van der Waals surface area contributed by atoms with E-state index >= 15 is 0 Å². The number of amides is 2. The molecule has 0 unspecified atom stereocenters. The molecule has 2 atom stereocenters. The standard InChI is InChI=1S/C24H35N3O3/c1-25(2)20-11-9-18(10-12-20)15-26(17-22-8-5-13-30-22)24(29)19-14-23(28)27(16-19)21-6-3-4-7-21/h9-12,19,21-22H,3-8,13-17H2,1-2H3/t19-,22-/m1/s1. The first-order valence-electron chi connectivity index (χ1n) is 11.5. The Balaban J connectivity index is 1.45. The molecule has 0 N–H and O–H groups in total. The first-order chi connectivity index (χ1) is 14.5. The third-order valence-electron chi connectivity index (χ3n) is 6.86. The van der Waals surface area contributed by atoms with Crippen LogP contribution in [0.4, 0.5) is 5.69 Å². The minimum Gasteiger partial charge on any atom is -0.378 e. The summed E-state index contributed by atoms with van der Waals surface area (Å²) in [6, 6.07) is 8.71. The zero-order valence-corrected chi connectivity index (χ0v) is 18.4. The van der Waals surface area contributed by atoms with E-state index < -0.39 is 0 Å². The van der Waals surface area contributed by atoms with Gasteiger partial charge in [0, 0.05) is 58.5 Å². The van der Waals surface area contributed by atoms with Crippen molar-refractivity contribution in [1.29, 1.82) is 0 Å². The van der Waals surface area contributed by atoms with Crippen molar-refractivity contribution in [3.8, 4) is 0 Å². The van der Waals surface area contributed by atoms with Crippen LogP contribution in [-0.4, -0.2) is 67.6 Å². The van der Waals surface area contributed by atoms with E-state index in [1.165, 1.54) is 12.8 Å². The van der Waals surface area contributed by atoms with E-state index in [-0.39, 0.29) is 23.8 Å². The molecule has 1 aromatic carbocycles. The van der Waals surface area contributed by atoms with Gasteiger partial charge in [-0.05, 0) is 43.4 Å². The lowest BCUT2D eigenvalue weighted by Crippen LogP contribution is -2.42. The van der Waals surface area contributed by atoms with Crippen LogP contribution in [0.2, 0.25) is 0 Å². The molecular formula is C24H35N3O3. The summed E-state index contributed by atoms with van der Waals surface area (Å²) >= 11 is 0. The molecule has 2 aliphatic heterocycles. The number of benzene rings is 1. The summed E-state index contributed by atoms with van der Waals surface area (Å²) < 4.78 is 5.83. The van der Waals surface area contributed by atoms with Gasteiger partial charge >= 0.3 is 0 Å². The lowest BCUT2D eigenvalue weighted by Gasteiger charge is -2.29. The maximum absolute atomic E-state index is 13.5. The summed E-state index contributed by atoms with van der Waals surface area (Å²) in [5.74, 6) is 0.0456. The fraction of sp³-hybridized carbons (Fsp3) is 0.667. The van der Waals surface area contributed by atoms with Crippen LogP contribution in [0, 0.1) is 5.92 Å². The Hall–Kier alpha value is -2.08. The highest BCUT2D eigenvalue weighted by molar-refractivity contribution is 5.89. The zero-order chi connectivity index (χ0) is 21.1. The van der Waals surface area contributed by atoms with Gasteiger partial charge in [0.25, 0.3) is 0 Å². The second-order valence-electron chi connectivity index (χ2n) is 9.30. The van der Waals surface area contributed by atoms with Crippen molar-refractivity contribution in [3.63, 3.8) is 0 Å². The Morgan fingerprint density at radius 3 is 2.47 bits per heavy atom. The van der Waals surface area contributed by atoms with Gasteiger partial charge < -0.3 is 19.4 Å². The zero-order valence-electron chi connectivity index (χ0n) is 18.4. The highest BCUT2D eigenvalue weighted by Gasteiger charge is 2.40. The van der Waals surface area contributed by atoms with Gasteiger partial charge in [0.2, 0.25) is 11.8 Å². The highest BCUT2D eigenvalue weighted by Crippen LogP contribution is 2.31. The number of likely N-dealkylation sites (tertiary alicyclic amines) is 1. The van der Waals surface area contributed by atoms with E-state index in [4.69, 9.17) is 4.74 Å². The number of ether oxygens (including phenoxy) is 1. The first kappa shape index (κ1) is 21.2. The van der Waals surface area contributed by atoms with E-state index in [0.717, 1.165) is 43.5 Å². The Morgan fingerprint density at radius 2 is 1.83 bits per heavy atom. The van der Waals surface area contributed by atoms with Gasteiger partial charge in [-0.1, -0.05) is 25.0 Å². The molecule has 2 saturated heterocycles. The summed E-state index contributed by atoms with van der Waals surface area (Å²) in [4.78, 5) is 32.1. The second kappa shape index (κ2) is 9.38. The van der Waals surface area contributed by atoms with Crippen LogP contribution >= 0.6 is 0 Å². The minimum atomic E-state index is -0.222. The van der Waals surface area contributed by atoms with Gasteiger partial charge in [-0.15, -0.1) is 0 Å². The molecule has 1 aliphatic carbocycles. The van der Waals surface area contributed by atoms with Crippen molar-refractivity contribution in [3.05, 3.63) is 29.8 Å². The molecule has 2 heterocycles. The molecule has 0 aromatic heterocycles. The smallest absolute Gasteiger partial charge is 0.228 e. The Morgan fingerprint density at radius 1 is 1.10 bits per heavy atom. The SMILES string of the molecule is CN(C)c1ccc(CN(C[C@H]2CCCO2)C(=O)[C@@H]2CC(=O)N(C3CCCC3)C2)cc1. The Bertz CT molecular complexity index is 737. The number of carbonyl (C=O) groups is 2. The number of hydrogen-bond donors (Lipinski definition) is 0. The van der Waals surface area contributed by atoms with Crippen molar-refractivity contribution < 1.29 is 14.3 Å². The van der Waals surface area contributed by atoms with E-state index in [9.17, 15) is 9.59 Å². The normalized spacial score (nSPS) is 24.6. The van der Waals surface area contributed by atoms with Crippen molar-refractivity contribution >= 4 is 17.5 Å². The van der Waals surface area contributed by atoms with Gasteiger partial charge in [0.05, 0.1) is 12.0 Å². The fourth-order valence-electron chi connectivity index (χ4n) is 5.11. The molecule has 2 amide bonds. The van der Waals surface area contributed by atoms with Crippen LogP contribution in [0.3, 0.4) is 0 Å². The van der Waals surface area contributed by atoms with Crippen LogP contribution in [0.5, 0.6) is 0 Å². The fourth-order valence-corrected chi connectivity index (χ4v) is 5.11. The van der Waals surface area contributed by atoms with E-state index in [1.807, 2.05) is 23.9 Å². The van der Waals surface area contributed by atoms with Crippen molar-refractivity contribution in [2.24, 2.45) is 5.92 Å². The van der Waals surface area contributed by atoms with Crippen molar-refractivity contribution in [1.82, 2.24) is 9.80 Å². The summed E-state index contributed by atoms with van der Waals surface area (Å²) in [7, 11) is 4.05. The largest absolute Gasteiger partial charge is 0.378 e. The summed E-state index contributed by atoms with van der Waals surface area (Å²) in [6.45, 7) is 2.55. The number of carbonyl (C=O) groups excluding carboxylic acids is 2. The quantitative estimate of drug-likeness (QED) is 0.689. The highest BCUT2D eigenvalue weighted by atomic mass is 16.5. The second-order valence-corrected chi connectivity index (χ2v) is 9.30. The molecule has 164 valence electrons. The Labute approximate surface area is 180 Å². The molecule has 3 fully saturated rings. The maximum Gasteiger partial charge on any atom is 0.228 e. The Kier molecular flexibility index (Phi) is 6.61. The van der Waals surface area contributed by atoms with Gasteiger partial charge in [-0.25, -0.2) is 0 Å². The third-order valence-corrected chi connectivity index (χ3v) is 6.86. The molecule has 0 radical (unpaired) electrons. The molecule has 0 bridgehead atoms. The minimum absolute atomic E-state index is 0.107. The van der Waals surface area contributed by atoms with E-state index in [1.54, 1.807) is 0 Å². The average Bonchev–Trinajstić information content (AvgIpc) is 3.49. The van der Waals surface area contributed by atoms with Crippen LogP contribution in [0.15, 0.2) is 24.3 Å². The lowest BCUT2D eigenvalue weighted by atomic mass is 10.1. The van der Waals surface area contributed by atoms with Gasteiger partial charge in [0.15, 0.2) is 0 Å². The number of hydrogen-bond acceptors (Lipinski definition) is 4. The van der Waals surface area contributed by atoms with E-state index in [2.05, 4.69) is 29.2 Å². The number of nitrogens with zero attached hydrogens (tertiary/aromatic N) is 3. The molecule has 1 saturated carbocycles. The molecule has 3 aliphatic rings. The predicted molar refractivity (Wildman–Crippen MR) is 117 cm³/mol. The molecule has 6 nitrogen and oxygen atoms in total. The maximum atomic E-state index is 13.5. The van der Waals surface area contributed by atoms with Crippen molar-refractivity contribution in [2.45, 2.75) is 63.6 Å². The lowest BCUT2D eigenvalue weighted by molar-refractivity contribution is -0.138. The summed E-state index contributed by atoms with van der Waals surface area (Å²) in [5.41, 5.74) is 2.26. The topological polar surface area (TPSA) is 53.1 Å². The molecule has 0 spiro atoms. The van der Waals surface area contributed by atoms with Crippen LogP contribution < -0.4 is 4.90 Å². The van der Waals surface area contributed by atoms with Gasteiger partial charge in [-0.3, -0.25) is 9.59 Å². The monoisotopic (exact) mass is 413 g/mol. The number of rotatable bonds is 7. The molecule has 6 heteroatoms. The first-order valence-corrected chi connectivity index (χ1v) is 11.5. The van der Waals surface area contributed by atoms with Gasteiger partial charge in [0.1, 0.15) is 0 Å². The van der Waals surface area contributed by atoms with Crippen LogP contribution in [-0.2, 0) is 20.9 Å². The average molecular weight is 414 g/mol. The van der Waals surface area contributed by atoms with Crippen LogP contribution in [0.1, 0.15) is 50.5 Å². The van der Waals surface area contributed by atoms with Crippen molar-refractivity contribution in [2.75, 3.05) is 38.7 Å². The third kappa shape index (κ3) is 4.80. The molecule has 30 heavy (non-hydrogen) atoms. The molecule has 4 rings (SSSR count). The predicted octanol–water partition coefficient (Wildman–Crippen LogP) is 3.05. The van der Waals surface area contributed by atoms with E-state index in [0.29, 0.717) is 32.1 Å². The van der Waals surface area contributed by atoms with Crippen LogP contribution in [0.25, 0.3) is 0 Å². The summed E-state index contributed by atoms with van der Waals surface area (Å²) in [6.07, 6.45) is 7.09.